The van der Waals surface area contributed by atoms with Crippen molar-refractivity contribution in [3.8, 4) is 0 Å². The predicted octanol–water partition coefficient (Wildman–Crippen LogP) is 3.09. The minimum atomic E-state index is -3.72. The van der Waals surface area contributed by atoms with Gasteiger partial charge in [0, 0.05) is 24.2 Å². The van der Waals surface area contributed by atoms with Crippen molar-refractivity contribution in [1.82, 2.24) is 15.2 Å². The van der Waals surface area contributed by atoms with Gasteiger partial charge in [-0.3, -0.25) is 20.4 Å². The third-order valence-corrected chi connectivity index (χ3v) is 6.83. The lowest BCUT2D eigenvalue weighted by Gasteiger charge is -2.21. The highest BCUT2D eigenvalue weighted by atomic mass is 32.2. The molecule has 0 saturated heterocycles. The largest absolute Gasteiger partial charge is 0.269 e. The van der Waals surface area contributed by atoms with Crippen molar-refractivity contribution in [2.24, 2.45) is 0 Å². The zero-order valence-electron chi connectivity index (χ0n) is 18.2. The highest BCUT2D eigenvalue weighted by Crippen LogP contribution is 2.22. The van der Waals surface area contributed by atoms with E-state index in [-0.39, 0.29) is 21.9 Å². The van der Waals surface area contributed by atoms with Crippen LogP contribution in [0.15, 0.2) is 53.4 Å². The summed E-state index contributed by atoms with van der Waals surface area (Å²) in [6.07, 6.45) is 0. The van der Waals surface area contributed by atoms with Crippen molar-refractivity contribution in [2.75, 3.05) is 7.05 Å². The average molecular weight is 432 g/mol. The molecule has 2 amide bonds. The van der Waals surface area contributed by atoms with Gasteiger partial charge in [-0.15, -0.1) is 0 Å². The Morgan fingerprint density at radius 1 is 0.900 bits per heavy atom. The van der Waals surface area contributed by atoms with Crippen LogP contribution < -0.4 is 10.9 Å². The SMILES string of the molecule is CC(C)N(C)S(=O)(=O)c1cccc(C(=O)NNC(=O)c2ccc(C(C)(C)C)cc2)c1. The number of amides is 2. The molecule has 0 aromatic heterocycles. The summed E-state index contributed by atoms with van der Waals surface area (Å²) in [6.45, 7) is 9.76. The van der Waals surface area contributed by atoms with Crippen LogP contribution in [0.25, 0.3) is 0 Å². The number of sulfonamides is 1. The summed E-state index contributed by atoms with van der Waals surface area (Å²) in [4.78, 5) is 24.7. The van der Waals surface area contributed by atoms with Gasteiger partial charge in [-0.1, -0.05) is 39.0 Å². The van der Waals surface area contributed by atoms with Crippen molar-refractivity contribution in [2.45, 2.75) is 51.0 Å². The maximum absolute atomic E-state index is 12.6. The Hall–Kier alpha value is -2.71. The van der Waals surface area contributed by atoms with Gasteiger partial charge in [0.2, 0.25) is 10.0 Å². The van der Waals surface area contributed by atoms with Crippen LogP contribution in [0.5, 0.6) is 0 Å². The molecule has 0 fully saturated rings. The second-order valence-electron chi connectivity index (χ2n) is 8.38. The van der Waals surface area contributed by atoms with Crippen LogP contribution in [0.2, 0.25) is 0 Å². The lowest BCUT2D eigenvalue weighted by molar-refractivity contribution is 0.0846. The van der Waals surface area contributed by atoms with Gasteiger partial charge in [0.25, 0.3) is 11.8 Å². The maximum atomic E-state index is 12.6. The van der Waals surface area contributed by atoms with Crippen molar-refractivity contribution in [3.05, 3.63) is 65.2 Å². The number of carbonyl (C=O) groups excluding carboxylic acids is 2. The molecule has 0 saturated carbocycles. The van der Waals surface area contributed by atoms with Crippen LogP contribution >= 0.6 is 0 Å². The minimum Gasteiger partial charge on any atom is -0.267 e. The second-order valence-corrected chi connectivity index (χ2v) is 10.4. The van der Waals surface area contributed by atoms with Gasteiger partial charge in [0.05, 0.1) is 4.90 Å². The Balaban J connectivity index is 2.09. The Kier molecular flexibility index (Phi) is 7.05. The molecule has 0 aliphatic carbocycles. The standard InChI is InChI=1S/C22H29N3O4S/c1-15(2)25(6)30(28,29)19-9-7-8-17(14-19)21(27)24-23-20(26)16-10-12-18(13-11-16)22(3,4)5/h7-15H,1-6H3,(H,23,26)(H,24,27). The maximum Gasteiger partial charge on any atom is 0.269 e. The van der Waals surface area contributed by atoms with E-state index in [1.165, 1.54) is 35.6 Å². The number of carbonyl (C=O) groups is 2. The topological polar surface area (TPSA) is 95.6 Å². The van der Waals surface area contributed by atoms with E-state index >= 15 is 0 Å². The van der Waals surface area contributed by atoms with E-state index in [4.69, 9.17) is 0 Å². The summed E-state index contributed by atoms with van der Waals surface area (Å²) in [5, 5.41) is 0. The number of nitrogens with one attached hydrogen (secondary N) is 2. The highest BCUT2D eigenvalue weighted by Gasteiger charge is 2.24. The van der Waals surface area contributed by atoms with Crippen molar-refractivity contribution < 1.29 is 18.0 Å². The molecule has 8 heteroatoms. The Morgan fingerprint density at radius 3 is 1.93 bits per heavy atom. The van der Waals surface area contributed by atoms with E-state index in [2.05, 4.69) is 31.6 Å². The first-order valence-electron chi connectivity index (χ1n) is 9.63. The van der Waals surface area contributed by atoms with Gasteiger partial charge >= 0.3 is 0 Å². The first kappa shape index (κ1) is 23.6. The van der Waals surface area contributed by atoms with E-state index in [0.717, 1.165) is 5.56 Å². The van der Waals surface area contributed by atoms with Gasteiger partial charge in [-0.25, -0.2) is 8.42 Å². The number of hydrogen-bond donors (Lipinski definition) is 2. The van der Waals surface area contributed by atoms with Gasteiger partial charge in [0.15, 0.2) is 0 Å². The summed E-state index contributed by atoms with van der Waals surface area (Å²) >= 11 is 0. The fourth-order valence-electron chi connectivity index (χ4n) is 2.62. The molecule has 0 radical (unpaired) electrons. The van der Waals surface area contributed by atoms with E-state index in [9.17, 15) is 18.0 Å². The molecular weight excluding hydrogens is 402 g/mol. The molecule has 0 bridgehead atoms. The molecule has 0 unspecified atom stereocenters. The molecule has 162 valence electrons. The monoisotopic (exact) mass is 431 g/mol. The Labute approximate surface area is 178 Å². The second kappa shape index (κ2) is 8.97. The predicted molar refractivity (Wildman–Crippen MR) is 117 cm³/mol. The van der Waals surface area contributed by atoms with Crippen molar-refractivity contribution >= 4 is 21.8 Å². The fraction of sp³-hybridized carbons (Fsp3) is 0.364. The van der Waals surface area contributed by atoms with Gasteiger partial charge in [-0.05, 0) is 55.2 Å². The van der Waals surface area contributed by atoms with Crippen LogP contribution in [0.4, 0.5) is 0 Å². The summed E-state index contributed by atoms with van der Waals surface area (Å²) in [5.74, 6) is -1.08. The minimum absolute atomic E-state index is 0.00967. The zero-order chi connectivity index (χ0) is 22.7. The molecule has 2 aromatic rings. The molecule has 0 aliphatic rings. The third-order valence-electron chi connectivity index (χ3n) is 4.80. The number of hydrogen-bond acceptors (Lipinski definition) is 4. The first-order valence-corrected chi connectivity index (χ1v) is 11.1. The molecule has 0 spiro atoms. The number of rotatable bonds is 5. The molecule has 2 aromatic carbocycles. The quantitative estimate of drug-likeness (QED) is 0.711. The highest BCUT2D eigenvalue weighted by molar-refractivity contribution is 7.89. The van der Waals surface area contributed by atoms with Gasteiger partial charge < -0.3 is 0 Å². The van der Waals surface area contributed by atoms with E-state index in [1.807, 2.05) is 12.1 Å². The van der Waals surface area contributed by atoms with E-state index < -0.39 is 21.8 Å². The molecule has 0 atom stereocenters. The summed E-state index contributed by atoms with van der Waals surface area (Å²) in [6, 6.07) is 12.6. The van der Waals surface area contributed by atoms with E-state index in [1.54, 1.807) is 26.0 Å². The van der Waals surface area contributed by atoms with Crippen LogP contribution in [0.3, 0.4) is 0 Å². The number of hydrazine groups is 1. The normalized spacial score (nSPS) is 12.1. The van der Waals surface area contributed by atoms with Gasteiger partial charge in [0.1, 0.15) is 0 Å². The van der Waals surface area contributed by atoms with Gasteiger partial charge in [-0.2, -0.15) is 4.31 Å². The van der Waals surface area contributed by atoms with Crippen LogP contribution in [-0.4, -0.2) is 37.6 Å². The van der Waals surface area contributed by atoms with Crippen LogP contribution in [0.1, 0.15) is 60.9 Å². The third kappa shape index (κ3) is 5.46. The Bertz CT molecular complexity index is 1020. The molecule has 0 aliphatic heterocycles. The first-order chi connectivity index (χ1) is 13.8. The van der Waals surface area contributed by atoms with Crippen molar-refractivity contribution in [1.29, 1.82) is 0 Å². The molecular formula is C22H29N3O4S. The lowest BCUT2D eigenvalue weighted by Crippen LogP contribution is -2.41. The number of nitrogens with zero attached hydrogens (tertiary/aromatic N) is 1. The number of benzene rings is 2. The summed E-state index contributed by atoms with van der Waals surface area (Å²) < 4.78 is 26.5. The van der Waals surface area contributed by atoms with E-state index in [0.29, 0.717) is 5.56 Å². The van der Waals surface area contributed by atoms with Crippen LogP contribution in [0, 0.1) is 0 Å². The average Bonchev–Trinajstić information content (AvgIpc) is 2.70. The summed E-state index contributed by atoms with van der Waals surface area (Å²) in [7, 11) is -2.23. The molecule has 30 heavy (non-hydrogen) atoms. The van der Waals surface area contributed by atoms with Crippen LogP contribution in [-0.2, 0) is 15.4 Å². The molecule has 2 rings (SSSR count). The smallest absolute Gasteiger partial charge is 0.267 e. The zero-order valence-corrected chi connectivity index (χ0v) is 19.0. The lowest BCUT2D eigenvalue weighted by atomic mass is 9.87. The molecule has 2 N–H and O–H groups in total. The Morgan fingerprint density at radius 2 is 1.43 bits per heavy atom. The fourth-order valence-corrected chi connectivity index (χ4v) is 4.04. The van der Waals surface area contributed by atoms with Crippen molar-refractivity contribution in [3.63, 3.8) is 0 Å². The summed E-state index contributed by atoms with van der Waals surface area (Å²) in [5.41, 5.74) is 6.27. The molecule has 0 heterocycles. The molecule has 7 nitrogen and oxygen atoms in total.